The summed E-state index contributed by atoms with van der Waals surface area (Å²) in [5.41, 5.74) is 3.12. The molecule has 2 aliphatic rings. The van der Waals surface area contributed by atoms with Crippen molar-refractivity contribution in [2.45, 2.75) is 44.4 Å². The third kappa shape index (κ3) is 3.07. The van der Waals surface area contributed by atoms with E-state index >= 15 is 0 Å². The van der Waals surface area contributed by atoms with Gasteiger partial charge in [-0.2, -0.15) is 0 Å². The van der Waals surface area contributed by atoms with Gasteiger partial charge >= 0.3 is 0 Å². The fourth-order valence-electron chi connectivity index (χ4n) is 4.13. The third-order valence-corrected chi connectivity index (χ3v) is 5.34. The van der Waals surface area contributed by atoms with E-state index < -0.39 is 0 Å². The molecule has 2 aliphatic carbocycles. The summed E-state index contributed by atoms with van der Waals surface area (Å²) < 4.78 is 0. The topological polar surface area (TPSA) is 32.3 Å². The first kappa shape index (κ1) is 14.1. The normalized spacial score (nSPS) is 29.4. The molecule has 0 saturated heterocycles. The molecule has 0 aliphatic heterocycles. The van der Waals surface area contributed by atoms with Gasteiger partial charge in [0.1, 0.15) is 0 Å². The molecule has 0 spiro atoms. The van der Waals surface area contributed by atoms with E-state index in [0.717, 1.165) is 13.1 Å². The summed E-state index contributed by atoms with van der Waals surface area (Å²) in [6.07, 6.45) is 7.70. The largest absolute Gasteiger partial charge is 0.396 e. The molecule has 0 amide bonds. The lowest BCUT2D eigenvalue weighted by Crippen LogP contribution is -2.31. The number of hydrogen-bond donors (Lipinski definition) is 2. The van der Waals surface area contributed by atoms with Gasteiger partial charge in [0.2, 0.25) is 0 Å². The number of aryl methyl sites for hydroxylation is 1. The van der Waals surface area contributed by atoms with E-state index in [2.05, 4.69) is 29.6 Å². The predicted octanol–water partition coefficient (Wildman–Crippen LogP) is 3.10. The Bertz CT molecular complexity index is 431. The molecule has 20 heavy (non-hydrogen) atoms. The van der Waals surface area contributed by atoms with Crippen LogP contribution in [0.1, 0.15) is 49.1 Å². The fraction of sp³-hybridized carbons (Fsp3) is 0.667. The zero-order chi connectivity index (χ0) is 13.8. The number of rotatable bonds is 5. The molecule has 2 heteroatoms. The molecule has 2 N–H and O–H groups in total. The Kier molecular flexibility index (Phi) is 4.74. The van der Waals surface area contributed by atoms with Crippen LogP contribution < -0.4 is 5.32 Å². The van der Waals surface area contributed by atoms with Crippen LogP contribution in [0.5, 0.6) is 0 Å². The highest BCUT2D eigenvalue weighted by atomic mass is 16.3. The van der Waals surface area contributed by atoms with Crippen LogP contribution in [-0.2, 0) is 6.42 Å². The zero-order valence-corrected chi connectivity index (χ0v) is 12.4. The van der Waals surface area contributed by atoms with Gasteiger partial charge in [-0.3, -0.25) is 0 Å². The monoisotopic (exact) mass is 273 g/mol. The number of aliphatic hydroxyl groups is 1. The Labute approximate surface area is 122 Å². The molecule has 3 unspecified atom stereocenters. The van der Waals surface area contributed by atoms with Crippen molar-refractivity contribution < 1.29 is 5.11 Å². The van der Waals surface area contributed by atoms with Crippen molar-refractivity contribution in [1.82, 2.24) is 5.32 Å². The zero-order valence-electron chi connectivity index (χ0n) is 12.4. The van der Waals surface area contributed by atoms with Crippen molar-refractivity contribution in [2.24, 2.45) is 11.8 Å². The standard InChI is InChI=1S/C18H27NO/c20-13-17-9-4-7-15(17)11-19-12-16-8-3-6-14-5-1-2-10-18(14)16/h1-2,5,10,15-17,19-20H,3-4,6-9,11-13H2. The van der Waals surface area contributed by atoms with Crippen LogP contribution in [0.4, 0.5) is 0 Å². The minimum atomic E-state index is 0.374. The van der Waals surface area contributed by atoms with E-state index in [-0.39, 0.29) is 0 Å². The number of benzene rings is 1. The van der Waals surface area contributed by atoms with E-state index in [1.165, 1.54) is 38.5 Å². The molecule has 0 radical (unpaired) electrons. The first-order valence-corrected chi connectivity index (χ1v) is 8.28. The Morgan fingerprint density at radius 1 is 1.00 bits per heavy atom. The van der Waals surface area contributed by atoms with Crippen LogP contribution in [0.2, 0.25) is 0 Å². The highest BCUT2D eigenvalue weighted by Crippen LogP contribution is 2.32. The van der Waals surface area contributed by atoms with E-state index in [1.54, 1.807) is 11.1 Å². The van der Waals surface area contributed by atoms with Gasteiger partial charge in [0, 0.05) is 13.2 Å². The summed E-state index contributed by atoms with van der Waals surface area (Å²) in [5, 5.41) is 13.1. The van der Waals surface area contributed by atoms with Crippen LogP contribution in [0, 0.1) is 11.8 Å². The van der Waals surface area contributed by atoms with Gasteiger partial charge in [0.15, 0.2) is 0 Å². The minimum Gasteiger partial charge on any atom is -0.396 e. The highest BCUT2D eigenvalue weighted by molar-refractivity contribution is 5.32. The van der Waals surface area contributed by atoms with Crippen LogP contribution in [-0.4, -0.2) is 24.8 Å². The summed E-state index contributed by atoms with van der Waals surface area (Å²) in [6, 6.07) is 8.95. The quantitative estimate of drug-likeness (QED) is 0.864. The molecular formula is C18H27NO. The maximum Gasteiger partial charge on any atom is 0.0462 e. The summed E-state index contributed by atoms with van der Waals surface area (Å²) in [7, 11) is 0. The second kappa shape index (κ2) is 6.73. The van der Waals surface area contributed by atoms with Gasteiger partial charge < -0.3 is 10.4 Å². The summed E-state index contributed by atoms with van der Waals surface area (Å²) in [5.74, 6) is 1.92. The van der Waals surface area contributed by atoms with Crippen molar-refractivity contribution in [3.05, 3.63) is 35.4 Å². The molecule has 3 atom stereocenters. The number of hydrogen-bond acceptors (Lipinski definition) is 2. The number of fused-ring (bicyclic) bond motifs is 1. The van der Waals surface area contributed by atoms with Crippen molar-refractivity contribution in [1.29, 1.82) is 0 Å². The Morgan fingerprint density at radius 3 is 2.75 bits per heavy atom. The Hall–Kier alpha value is -0.860. The molecule has 0 heterocycles. The van der Waals surface area contributed by atoms with Gasteiger partial charge in [-0.25, -0.2) is 0 Å². The molecule has 3 rings (SSSR count). The van der Waals surface area contributed by atoms with Crippen LogP contribution in [0.3, 0.4) is 0 Å². The second-order valence-electron chi connectivity index (χ2n) is 6.58. The van der Waals surface area contributed by atoms with Gasteiger partial charge in [-0.1, -0.05) is 30.7 Å². The first-order chi connectivity index (χ1) is 9.88. The summed E-state index contributed by atoms with van der Waals surface area (Å²) >= 11 is 0. The predicted molar refractivity (Wildman–Crippen MR) is 82.9 cm³/mol. The van der Waals surface area contributed by atoms with Crippen LogP contribution >= 0.6 is 0 Å². The summed E-state index contributed by atoms with van der Waals surface area (Å²) in [4.78, 5) is 0. The van der Waals surface area contributed by atoms with Crippen LogP contribution in [0.15, 0.2) is 24.3 Å². The lowest BCUT2D eigenvalue weighted by molar-refractivity contribution is 0.192. The average Bonchev–Trinajstić information content (AvgIpc) is 2.95. The molecule has 2 nitrogen and oxygen atoms in total. The molecule has 1 aromatic rings. The van der Waals surface area contributed by atoms with Crippen molar-refractivity contribution >= 4 is 0 Å². The van der Waals surface area contributed by atoms with Gasteiger partial charge in [0.05, 0.1) is 0 Å². The smallest absolute Gasteiger partial charge is 0.0462 e. The minimum absolute atomic E-state index is 0.374. The third-order valence-electron chi connectivity index (χ3n) is 5.34. The molecule has 0 bridgehead atoms. The Morgan fingerprint density at radius 2 is 1.85 bits per heavy atom. The lowest BCUT2D eigenvalue weighted by Gasteiger charge is -2.27. The van der Waals surface area contributed by atoms with E-state index in [4.69, 9.17) is 0 Å². The van der Waals surface area contributed by atoms with Gasteiger partial charge in [0.25, 0.3) is 0 Å². The lowest BCUT2D eigenvalue weighted by atomic mass is 9.83. The van der Waals surface area contributed by atoms with E-state index in [9.17, 15) is 5.11 Å². The maximum absolute atomic E-state index is 9.39. The van der Waals surface area contributed by atoms with Crippen molar-refractivity contribution in [3.8, 4) is 0 Å². The number of nitrogens with one attached hydrogen (secondary N) is 1. The Balaban J connectivity index is 1.52. The maximum atomic E-state index is 9.39. The first-order valence-electron chi connectivity index (χ1n) is 8.28. The molecule has 1 fully saturated rings. The van der Waals surface area contributed by atoms with E-state index in [0.29, 0.717) is 24.4 Å². The van der Waals surface area contributed by atoms with Crippen LogP contribution in [0.25, 0.3) is 0 Å². The van der Waals surface area contributed by atoms with E-state index in [1.807, 2.05) is 0 Å². The molecule has 110 valence electrons. The average molecular weight is 273 g/mol. The second-order valence-corrected chi connectivity index (χ2v) is 6.58. The van der Waals surface area contributed by atoms with Crippen molar-refractivity contribution in [3.63, 3.8) is 0 Å². The molecule has 1 saturated carbocycles. The summed E-state index contributed by atoms with van der Waals surface area (Å²) in [6.45, 7) is 2.56. The number of aliphatic hydroxyl groups excluding tert-OH is 1. The molecular weight excluding hydrogens is 246 g/mol. The molecule has 0 aromatic heterocycles. The SMILES string of the molecule is OCC1CCCC1CNCC1CCCc2ccccc21. The fourth-order valence-corrected chi connectivity index (χ4v) is 4.13. The molecule has 1 aromatic carbocycles. The van der Waals surface area contributed by atoms with Crippen molar-refractivity contribution in [2.75, 3.05) is 19.7 Å². The van der Waals surface area contributed by atoms with Gasteiger partial charge in [-0.05, 0) is 67.5 Å². The van der Waals surface area contributed by atoms with Gasteiger partial charge in [-0.15, -0.1) is 0 Å². The highest BCUT2D eigenvalue weighted by Gasteiger charge is 2.26.